The molecule has 0 radical (unpaired) electrons. The zero-order chi connectivity index (χ0) is 16.4. The van der Waals surface area contributed by atoms with Gasteiger partial charge in [0.05, 0.1) is 4.90 Å². The number of benzene rings is 1. The molecule has 118 valence electrons. The summed E-state index contributed by atoms with van der Waals surface area (Å²) >= 11 is 4.74. The van der Waals surface area contributed by atoms with E-state index in [-0.39, 0.29) is 15.4 Å². The molecule has 0 heterocycles. The SMILES string of the molecule is CC(C)N(CC(F)(F)F)S(=O)(=O)c1cccc(C(N)=S)c1. The number of thiocarbonyl (C=S) groups is 1. The highest BCUT2D eigenvalue weighted by Gasteiger charge is 2.38. The van der Waals surface area contributed by atoms with Gasteiger partial charge in [0.15, 0.2) is 0 Å². The van der Waals surface area contributed by atoms with Gasteiger partial charge >= 0.3 is 6.18 Å². The van der Waals surface area contributed by atoms with E-state index in [4.69, 9.17) is 18.0 Å². The smallest absolute Gasteiger partial charge is 0.389 e. The van der Waals surface area contributed by atoms with Crippen LogP contribution in [0.15, 0.2) is 29.2 Å². The average Bonchev–Trinajstić information content (AvgIpc) is 2.34. The van der Waals surface area contributed by atoms with Gasteiger partial charge in [0, 0.05) is 11.6 Å². The minimum atomic E-state index is -4.63. The second-order valence-electron chi connectivity index (χ2n) is 4.65. The fourth-order valence-corrected chi connectivity index (χ4v) is 3.46. The molecule has 0 fully saturated rings. The van der Waals surface area contributed by atoms with Gasteiger partial charge in [0.1, 0.15) is 11.5 Å². The molecule has 1 rings (SSSR count). The molecule has 0 atom stereocenters. The molecule has 0 amide bonds. The predicted molar refractivity (Wildman–Crippen MR) is 77.4 cm³/mol. The summed E-state index contributed by atoms with van der Waals surface area (Å²) in [5.74, 6) is 0. The third-order valence-corrected chi connectivity index (χ3v) is 4.89. The van der Waals surface area contributed by atoms with Gasteiger partial charge in [0.25, 0.3) is 0 Å². The van der Waals surface area contributed by atoms with E-state index in [1.165, 1.54) is 38.1 Å². The Labute approximate surface area is 126 Å². The van der Waals surface area contributed by atoms with Crippen LogP contribution in [0.25, 0.3) is 0 Å². The van der Waals surface area contributed by atoms with E-state index in [2.05, 4.69) is 0 Å². The van der Waals surface area contributed by atoms with Crippen molar-refractivity contribution in [3.8, 4) is 0 Å². The molecule has 0 spiro atoms. The van der Waals surface area contributed by atoms with E-state index in [0.29, 0.717) is 4.31 Å². The number of halogens is 3. The van der Waals surface area contributed by atoms with Crippen LogP contribution in [-0.2, 0) is 10.0 Å². The minimum absolute atomic E-state index is 0.0287. The summed E-state index contributed by atoms with van der Waals surface area (Å²) in [6.07, 6.45) is -4.63. The standard InChI is InChI=1S/C12H15F3N2O2S2/c1-8(2)17(7-12(13,14)15)21(18,19)10-5-3-4-9(6-10)11(16)20/h3-6,8H,7H2,1-2H3,(H2,16,20). The highest BCUT2D eigenvalue weighted by Crippen LogP contribution is 2.25. The van der Waals surface area contributed by atoms with Crippen LogP contribution in [0.3, 0.4) is 0 Å². The maximum absolute atomic E-state index is 12.6. The third kappa shape index (κ3) is 4.65. The molecule has 1 aromatic carbocycles. The molecule has 2 N–H and O–H groups in total. The van der Waals surface area contributed by atoms with Crippen molar-refractivity contribution in [3.63, 3.8) is 0 Å². The van der Waals surface area contributed by atoms with Gasteiger partial charge < -0.3 is 5.73 Å². The van der Waals surface area contributed by atoms with Crippen molar-refractivity contribution in [1.82, 2.24) is 4.31 Å². The quantitative estimate of drug-likeness (QED) is 0.836. The van der Waals surface area contributed by atoms with E-state index in [0.717, 1.165) is 0 Å². The largest absolute Gasteiger partial charge is 0.402 e. The lowest BCUT2D eigenvalue weighted by molar-refractivity contribution is -0.138. The fraction of sp³-hybridized carbons (Fsp3) is 0.417. The van der Waals surface area contributed by atoms with E-state index in [9.17, 15) is 21.6 Å². The summed E-state index contributed by atoms with van der Waals surface area (Å²) in [6, 6.07) is 4.41. The molecule has 0 unspecified atom stereocenters. The lowest BCUT2D eigenvalue weighted by Gasteiger charge is -2.27. The Bertz CT molecular complexity index is 628. The van der Waals surface area contributed by atoms with Gasteiger partial charge in [-0.25, -0.2) is 8.42 Å². The summed E-state index contributed by atoms with van der Waals surface area (Å²) in [5.41, 5.74) is 5.69. The summed E-state index contributed by atoms with van der Waals surface area (Å²) in [6.45, 7) is 1.20. The van der Waals surface area contributed by atoms with Crippen molar-refractivity contribution in [2.45, 2.75) is 31.0 Å². The lowest BCUT2D eigenvalue weighted by Crippen LogP contribution is -2.43. The number of hydrogen-bond acceptors (Lipinski definition) is 3. The Kier molecular flexibility index (Phi) is 5.35. The van der Waals surface area contributed by atoms with Crippen molar-refractivity contribution in [2.75, 3.05) is 6.54 Å². The van der Waals surface area contributed by atoms with Crippen LogP contribution in [0, 0.1) is 0 Å². The highest BCUT2D eigenvalue weighted by atomic mass is 32.2. The zero-order valence-electron chi connectivity index (χ0n) is 11.4. The number of nitrogens with zero attached hydrogens (tertiary/aromatic N) is 1. The van der Waals surface area contributed by atoms with Crippen molar-refractivity contribution < 1.29 is 21.6 Å². The molecule has 9 heteroatoms. The van der Waals surface area contributed by atoms with Crippen LogP contribution >= 0.6 is 12.2 Å². The van der Waals surface area contributed by atoms with E-state index < -0.39 is 28.8 Å². The number of hydrogen-bond donors (Lipinski definition) is 1. The Hall–Kier alpha value is -1.19. The van der Waals surface area contributed by atoms with Gasteiger partial charge in [-0.2, -0.15) is 17.5 Å². The maximum atomic E-state index is 12.6. The fourth-order valence-electron chi connectivity index (χ4n) is 1.67. The Balaban J connectivity index is 3.29. The molecule has 0 aliphatic carbocycles. The molecule has 0 aliphatic rings. The van der Waals surface area contributed by atoms with Crippen molar-refractivity contribution >= 4 is 27.2 Å². The molecule has 21 heavy (non-hydrogen) atoms. The molecule has 0 saturated heterocycles. The number of alkyl halides is 3. The molecular weight excluding hydrogens is 325 g/mol. The van der Waals surface area contributed by atoms with E-state index >= 15 is 0 Å². The lowest BCUT2D eigenvalue weighted by atomic mass is 10.2. The number of rotatable bonds is 5. The topological polar surface area (TPSA) is 63.4 Å². The first kappa shape index (κ1) is 17.9. The van der Waals surface area contributed by atoms with Crippen LogP contribution in [0.1, 0.15) is 19.4 Å². The molecular formula is C12H15F3N2O2S2. The van der Waals surface area contributed by atoms with Crippen LogP contribution in [-0.4, -0.2) is 36.5 Å². The summed E-state index contributed by atoms with van der Waals surface area (Å²) < 4.78 is 62.8. The van der Waals surface area contributed by atoms with Crippen LogP contribution in [0.5, 0.6) is 0 Å². The monoisotopic (exact) mass is 340 g/mol. The van der Waals surface area contributed by atoms with Gasteiger partial charge in [-0.3, -0.25) is 0 Å². The highest BCUT2D eigenvalue weighted by molar-refractivity contribution is 7.89. The Morgan fingerprint density at radius 3 is 2.38 bits per heavy atom. The van der Waals surface area contributed by atoms with E-state index in [1.54, 1.807) is 0 Å². The van der Waals surface area contributed by atoms with Crippen LogP contribution in [0.2, 0.25) is 0 Å². The van der Waals surface area contributed by atoms with Crippen LogP contribution in [0.4, 0.5) is 13.2 Å². The molecule has 0 bridgehead atoms. The van der Waals surface area contributed by atoms with Crippen molar-refractivity contribution in [2.24, 2.45) is 5.73 Å². The molecule has 0 aromatic heterocycles. The Morgan fingerprint density at radius 1 is 1.38 bits per heavy atom. The summed E-state index contributed by atoms with van der Waals surface area (Å²) in [7, 11) is -4.29. The predicted octanol–water partition coefficient (Wildman–Crippen LogP) is 2.28. The summed E-state index contributed by atoms with van der Waals surface area (Å²) in [5, 5.41) is 0. The minimum Gasteiger partial charge on any atom is -0.389 e. The normalized spacial score (nSPS) is 12.9. The van der Waals surface area contributed by atoms with Crippen LogP contribution < -0.4 is 5.73 Å². The zero-order valence-corrected chi connectivity index (χ0v) is 13.0. The molecule has 0 saturated carbocycles. The van der Waals surface area contributed by atoms with Gasteiger partial charge in [-0.05, 0) is 26.0 Å². The van der Waals surface area contributed by atoms with Gasteiger partial charge in [-0.1, -0.05) is 24.4 Å². The first-order valence-corrected chi connectivity index (χ1v) is 7.78. The van der Waals surface area contributed by atoms with Gasteiger partial charge in [0.2, 0.25) is 10.0 Å². The second kappa shape index (κ2) is 6.29. The maximum Gasteiger partial charge on any atom is 0.402 e. The molecule has 1 aromatic rings. The Morgan fingerprint density at radius 2 is 1.95 bits per heavy atom. The van der Waals surface area contributed by atoms with E-state index in [1.807, 2.05) is 0 Å². The number of nitrogens with two attached hydrogens (primary N) is 1. The van der Waals surface area contributed by atoms with Crippen molar-refractivity contribution in [3.05, 3.63) is 29.8 Å². The van der Waals surface area contributed by atoms with Crippen molar-refractivity contribution in [1.29, 1.82) is 0 Å². The molecule has 0 aliphatic heterocycles. The first-order valence-electron chi connectivity index (χ1n) is 5.93. The van der Waals surface area contributed by atoms with Gasteiger partial charge in [-0.15, -0.1) is 0 Å². The molecule has 4 nitrogen and oxygen atoms in total. The first-order chi connectivity index (χ1) is 9.45. The second-order valence-corrected chi connectivity index (χ2v) is 6.98. The number of sulfonamides is 1. The average molecular weight is 340 g/mol. The third-order valence-electron chi connectivity index (χ3n) is 2.64. The summed E-state index contributed by atoms with van der Waals surface area (Å²) in [4.78, 5) is -0.301.